The van der Waals surface area contributed by atoms with E-state index in [9.17, 15) is 0 Å². The molecule has 1 aromatic heterocycles. The van der Waals surface area contributed by atoms with E-state index in [1.807, 2.05) is 26.0 Å². The van der Waals surface area contributed by atoms with Crippen LogP contribution in [0.1, 0.15) is 16.1 Å². The quantitative estimate of drug-likeness (QED) is 0.800. The van der Waals surface area contributed by atoms with Crippen LogP contribution < -0.4 is 11.1 Å². The second kappa shape index (κ2) is 4.49. The molecule has 84 valence electrons. The van der Waals surface area contributed by atoms with Crippen LogP contribution in [0.5, 0.6) is 0 Å². The summed E-state index contributed by atoms with van der Waals surface area (Å²) in [6, 6.07) is 5.94. The maximum absolute atomic E-state index is 5.84. The van der Waals surface area contributed by atoms with Gasteiger partial charge in [0.25, 0.3) is 0 Å². The van der Waals surface area contributed by atoms with Gasteiger partial charge in [-0.25, -0.2) is 0 Å². The fourth-order valence-corrected chi connectivity index (χ4v) is 2.02. The molecule has 0 aliphatic rings. The molecule has 0 saturated heterocycles. The minimum atomic E-state index is 0.728. The highest BCUT2D eigenvalue weighted by Crippen LogP contribution is 2.18. The Balaban J connectivity index is 2.07. The molecule has 0 fully saturated rings. The Hall–Kier alpha value is -1.62. The van der Waals surface area contributed by atoms with Gasteiger partial charge in [-0.3, -0.25) is 0 Å². The smallest absolute Gasteiger partial charge is 0.205 e. The minimum Gasteiger partial charge on any atom is -0.399 e. The van der Waals surface area contributed by atoms with E-state index in [2.05, 4.69) is 21.6 Å². The molecular weight excluding hydrogens is 220 g/mol. The maximum atomic E-state index is 5.84. The van der Waals surface area contributed by atoms with Crippen molar-refractivity contribution in [1.82, 2.24) is 10.2 Å². The summed E-state index contributed by atoms with van der Waals surface area (Å²) in [6.45, 7) is 4.69. The fourth-order valence-electron chi connectivity index (χ4n) is 1.43. The Morgan fingerprint density at radius 3 is 2.81 bits per heavy atom. The van der Waals surface area contributed by atoms with Gasteiger partial charge in [0, 0.05) is 12.2 Å². The topological polar surface area (TPSA) is 63.8 Å². The van der Waals surface area contributed by atoms with E-state index < -0.39 is 0 Å². The van der Waals surface area contributed by atoms with Gasteiger partial charge in [-0.1, -0.05) is 23.5 Å². The normalized spacial score (nSPS) is 10.4. The molecule has 4 nitrogen and oxygen atoms in total. The Kier molecular flexibility index (Phi) is 3.05. The van der Waals surface area contributed by atoms with Crippen LogP contribution in [0.15, 0.2) is 18.2 Å². The summed E-state index contributed by atoms with van der Waals surface area (Å²) in [6.07, 6.45) is 0. The van der Waals surface area contributed by atoms with E-state index in [0.717, 1.165) is 27.9 Å². The first-order chi connectivity index (χ1) is 7.66. The minimum absolute atomic E-state index is 0.728. The number of aryl methyl sites for hydroxylation is 1. The van der Waals surface area contributed by atoms with Crippen LogP contribution >= 0.6 is 11.3 Å². The summed E-state index contributed by atoms with van der Waals surface area (Å²) in [5, 5.41) is 13.0. The molecule has 1 heterocycles. The van der Waals surface area contributed by atoms with Crippen LogP contribution in [0.4, 0.5) is 10.8 Å². The number of hydrogen-bond donors (Lipinski definition) is 2. The average Bonchev–Trinajstić information content (AvgIpc) is 2.67. The molecule has 0 bridgehead atoms. The number of anilines is 2. The fraction of sp³-hybridized carbons (Fsp3) is 0.273. The molecule has 0 amide bonds. The summed E-state index contributed by atoms with van der Waals surface area (Å²) in [7, 11) is 0. The molecule has 16 heavy (non-hydrogen) atoms. The lowest BCUT2D eigenvalue weighted by Crippen LogP contribution is -2.02. The third kappa shape index (κ3) is 2.30. The lowest BCUT2D eigenvalue weighted by Gasteiger charge is -2.08. The number of nitrogens with zero attached hydrogens (tertiary/aromatic N) is 2. The van der Waals surface area contributed by atoms with Crippen molar-refractivity contribution in [2.45, 2.75) is 20.4 Å². The van der Waals surface area contributed by atoms with Gasteiger partial charge in [-0.2, -0.15) is 0 Å². The van der Waals surface area contributed by atoms with Crippen molar-refractivity contribution in [1.29, 1.82) is 0 Å². The van der Waals surface area contributed by atoms with E-state index >= 15 is 0 Å². The van der Waals surface area contributed by atoms with Gasteiger partial charge >= 0.3 is 0 Å². The molecule has 0 atom stereocenters. The first-order valence-electron chi connectivity index (χ1n) is 5.05. The third-order valence-electron chi connectivity index (χ3n) is 2.44. The van der Waals surface area contributed by atoms with Gasteiger partial charge in [0.15, 0.2) is 0 Å². The number of nitrogen functional groups attached to an aromatic ring is 1. The van der Waals surface area contributed by atoms with Gasteiger partial charge in [0.05, 0.1) is 0 Å². The number of hydrogen-bond acceptors (Lipinski definition) is 5. The highest BCUT2D eigenvalue weighted by atomic mass is 32.1. The van der Waals surface area contributed by atoms with Crippen LogP contribution in [-0.2, 0) is 6.54 Å². The predicted molar refractivity (Wildman–Crippen MR) is 67.6 cm³/mol. The SMILES string of the molecule is Cc1nnc(NCc2cccc(N)c2C)s1. The number of nitrogens with one attached hydrogen (secondary N) is 1. The summed E-state index contributed by atoms with van der Waals surface area (Å²) < 4.78 is 0. The van der Waals surface area contributed by atoms with E-state index in [0.29, 0.717) is 0 Å². The van der Waals surface area contributed by atoms with Crippen LogP contribution in [-0.4, -0.2) is 10.2 Å². The molecular formula is C11H14N4S. The summed E-state index contributed by atoms with van der Waals surface area (Å²) in [5.41, 5.74) is 8.98. The van der Waals surface area contributed by atoms with Crippen molar-refractivity contribution in [2.75, 3.05) is 11.1 Å². The van der Waals surface area contributed by atoms with Crippen LogP contribution in [0, 0.1) is 13.8 Å². The second-order valence-corrected chi connectivity index (χ2v) is 4.79. The monoisotopic (exact) mass is 234 g/mol. The lowest BCUT2D eigenvalue weighted by atomic mass is 10.1. The molecule has 0 aliphatic heterocycles. The van der Waals surface area contributed by atoms with Gasteiger partial charge in [-0.15, -0.1) is 10.2 Å². The Morgan fingerprint density at radius 1 is 1.31 bits per heavy atom. The van der Waals surface area contributed by atoms with Crippen LogP contribution in [0.2, 0.25) is 0 Å². The summed E-state index contributed by atoms with van der Waals surface area (Å²) in [4.78, 5) is 0. The molecule has 0 saturated carbocycles. The summed E-state index contributed by atoms with van der Waals surface area (Å²) >= 11 is 1.55. The Bertz CT molecular complexity index is 492. The van der Waals surface area contributed by atoms with Crippen molar-refractivity contribution < 1.29 is 0 Å². The first-order valence-corrected chi connectivity index (χ1v) is 5.86. The number of nitrogens with two attached hydrogens (primary N) is 1. The molecule has 5 heteroatoms. The highest BCUT2D eigenvalue weighted by Gasteiger charge is 2.03. The molecule has 2 aromatic rings. The van der Waals surface area contributed by atoms with Crippen molar-refractivity contribution in [3.8, 4) is 0 Å². The lowest BCUT2D eigenvalue weighted by molar-refractivity contribution is 1.02. The molecule has 3 N–H and O–H groups in total. The Morgan fingerprint density at radius 2 is 2.12 bits per heavy atom. The number of rotatable bonds is 3. The van der Waals surface area contributed by atoms with Gasteiger partial charge < -0.3 is 11.1 Å². The molecule has 0 spiro atoms. The Labute approximate surface area is 98.5 Å². The predicted octanol–water partition coefficient (Wildman–Crippen LogP) is 2.35. The zero-order valence-corrected chi connectivity index (χ0v) is 10.1. The van der Waals surface area contributed by atoms with Crippen LogP contribution in [0.25, 0.3) is 0 Å². The van der Waals surface area contributed by atoms with Crippen molar-refractivity contribution in [3.05, 3.63) is 34.3 Å². The molecule has 1 aromatic carbocycles. The van der Waals surface area contributed by atoms with E-state index in [-0.39, 0.29) is 0 Å². The van der Waals surface area contributed by atoms with Crippen molar-refractivity contribution >= 4 is 22.2 Å². The molecule has 2 rings (SSSR count). The zero-order valence-electron chi connectivity index (χ0n) is 9.32. The van der Waals surface area contributed by atoms with E-state index in [1.54, 1.807) is 11.3 Å². The molecule has 0 aliphatic carbocycles. The summed E-state index contributed by atoms with van der Waals surface area (Å²) in [5.74, 6) is 0. The van der Waals surface area contributed by atoms with Gasteiger partial charge in [0.1, 0.15) is 5.01 Å². The second-order valence-electron chi connectivity index (χ2n) is 3.61. The largest absolute Gasteiger partial charge is 0.399 e. The number of aromatic nitrogens is 2. The highest BCUT2D eigenvalue weighted by molar-refractivity contribution is 7.15. The van der Waals surface area contributed by atoms with Crippen molar-refractivity contribution in [3.63, 3.8) is 0 Å². The standard InChI is InChI=1S/C11H14N4S/c1-7-9(4-3-5-10(7)12)6-13-11-15-14-8(2)16-11/h3-5H,6,12H2,1-2H3,(H,13,15). The number of benzene rings is 1. The zero-order chi connectivity index (χ0) is 11.5. The van der Waals surface area contributed by atoms with Crippen LogP contribution in [0.3, 0.4) is 0 Å². The third-order valence-corrected chi connectivity index (χ3v) is 3.24. The van der Waals surface area contributed by atoms with Gasteiger partial charge in [-0.05, 0) is 31.0 Å². The van der Waals surface area contributed by atoms with E-state index in [4.69, 9.17) is 5.73 Å². The molecule has 0 unspecified atom stereocenters. The van der Waals surface area contributed by atoms with Gasteiger partial charge in [0.2, 0.25) is 5.13 Å². The first kappa shape index (κ1) is 10.9. The molecule has 0 radical (unpaired) electrons. The van der Waals surface area contributed by atoms with E-state index in [1.165, 1.54) is 5.56 Å². The average molecular weight is 234 g/mol. The van der Waals surface area contributed by atoms with Crippen molar-refractivity contribution in [2.24, 2.45) is 0 Å². The maximum Gasteiger partial charge on any atom is 0.205 e.